The zero-order chi connectivity index (χ0) is 18.5. The monoisotopic (exact) mass is 398 g/mol. The largest absolute Gasteiger partial charge is 0.490 e. The third kappa shape index (κ3) is 2.79. The van der Waals surface area contributed by atoms with Crippen molar-refractivity contribution in [2.75, 3.05) is 6.61 Å². The second-order valence-corrected chi connectivity index (χ2v) is 9.19. The lowest BCUT2D eigenvalue weighted by Crippen LogP contribution is -2.30. The Morgan fingerprint density at radius 2 is 1.77 bits per heavy atom. The first kappa shape index (κ1) is 17.7. The molecule has 0 amide bonds. The van der Waals surface area contributed by atoms with Gasteiger partial charge in [0, 0.05) is 16.5 Å². The molecule has 2 aromatic carbocycles. The lowest BCUT2D eigenvalue weighted by Gasteiger charge is -2.37. The topological polar surface area (TPSA) is 43.4 Å². The molecule has 0 spiro atoms. The summed E-state index contributed by atoms with van der Waals surface area (Å²) in [5.41, 5.74) is 0.0773. The van der Waals surface area contributed by atoms with Crippen LogP contribution < -0.4 is 4.74 Å². The van der Waals surface area contributed by atoms with Crippen LogP contribution >= 0.6 is 11.6 Å². The molecule has 7 heteroatoms. The van der Waals surface area contributed by atoms with Crippen molar-refractivity contribution in [1.29, 1.82) is 0 Å². The van der Waals surface area contributed by atoms with Gasteiger partial charge in [-0.3, -0.25) is 0 Å². The fourth-order valence-corrected chi connectivity index (χ4v) is 5.48. The minimum absolute atomic E-state index is 0.0773. The molecule has 2 unspecified atom stereocenters. The lowest BCUT2D eigenvalue weighted by atomic mass is 9.74. The predicted octanol–water partition coefficient (Wildman–Crippen LogP) is 5.12. The van der Waals surface area contributed by atoms with Crippen LogP contribution in [0, 0.1) is 17.6 Å². The van der Waals surface area contributed by atoms with Crippen LogP contribution in [0.2, 0.25) is 5.02 Å². The first-order valence-electron chi connectivity index (χ1n) is 8.55. The normalized spacial score (nSPS) is 22.3. The van der Waals surface area contributed by atoms with Crippen LogP contribution in [0.1, 0.15) is 37.2 Å². The Balaban J connectivity index is 1.89. The molecule has 26 heavy (non-hydrogen) atoms. The summed E-state index contributed by atoms with van der Waals surface area (Å²) in [6.07, 6.45) is 3.52. The first-order chi connectivity index (χ1) is 12.4. The van der Waals surface area contributed by atoms with Gasteiger partial charge in [0.2, 0.25) is 9.84 Å². The zero-order valence-electron chi connectivity index (χ0n) is 13.8. The summed E-state index contributed by atoms with van der Waals surface area (Å²) in [6.45, 7) is 0.345. The van der Waals surface area contributed by atoms with Crippen molar-refractivity contribution in [3.8, 4) is 5.75 Å². The number of hydrogen-bond acceptors (Lipinski definition) is 3. The van der Waals surface area contributed by atoms with Gasteiger partial charge < -0.3 is 4.74 Å². The Morgan fingerprint density at radius 1 is 1.08 bits per heavy atom. The molecule has 138 valence electrons. The third-order valence-corrected chi connectivity index (χ3v) is 7.33. The molecule has 4 rings (SSSR count). The quantitative estimate of drug-likeness (QED) is 0.705. The van der Waals surface area contributed by atoms with E-state index in [0.29, 0.717) is 18.1 Å². The van der Waals surface area contributed by atoms with E-state index in [0.717, 1.165) is 25.3 Å². The summed E-state index contributed by atoms with van der Waals surface area (Å²) in [7, 11) is -4.21. The number of fused-ring (bicyclic) bond motifs is 3. The third-order valence-electron chi connectivity index (χ3n) is 5.31. The summed E-state index contributed by atoms with van der Waals surface area (Å²) < 4.78 is 61.1. The Labute approximate surface area is 155 Å². The van der Waals surface area contributed by atoms with Crippen LogP contribution in [0.5, 0.6) is 5.75 Å². The summed E-state index contributed by atoms with van der Waals surface area (Å²) in [5, 5.41) is 0.361. The summed E-state index contributed by atoms with van der Waals surface area (Å²) >= 11 is 5.79. The second-order valence-electron chi connectivity index (χ2n) is 6.83. The van der Waals surface area contributed by atoms with E-state index in [4.69, 9.17) is 16.3 Å². The van der Waals surface area contributed by atoms with Gasteiger partial charge in [-0.2, -0.15) is 0 Å². The molecule has 0 radical (unpaired) electrons. The maximum atomic E-state index is 15.3. The number of benzene rings is 2. The Hall–Kier alpha value is -1.66. The van der Waals surface area contributed by atoms with Gasteiger partial charge in [0.05, 0.1) is 11.5 Å². The van der Waals surface area contributed by atoms with E-state index < -0.39 is 26.4 Å². The van der Waals surface area contributed by atoms with Crippen molar-refractivity contribution in [3.05, 3.63) is 52.6 Å². The maximum absolute atomic E-state index is 15.3. The second kappa shape index (κ2) is 6.50. The highest BCUT2D eigenvalue weighted by Crippen LogP contribution is 2.48. The minimum atomic E-state index is -4.21. The minimum Gasteiger partial charge on any atom is -0.490 e. The summed E-state index contributed by atoms with van der Waals surface area (Å²) in [5.74, 6) is -1.98. The van der Waals surface area contributed by atoms with Gasteiger partial charge in [-0.25, -0.2) is 17.2 Å². The standard InChI is InChI=1S/C19H17ClF2O3S/c20-12-5-7-13(8-6-12)26(23,24)16-9-15(21)19-17(18(16)22)14-4-2-1-3-11(14)10-25-19/h5-9,11,14H,1-4,10H2. The van der Waals surface area contributed by atoms with E-state index in [1.54, 1.807) is 0 Å². The molecule has 1 aliphatic heterocycles. The Morgan fingerprint density at radius 3 is 2.50 bits per heavy atom. The van der Waals surface area contributed by atoms with Crippen LogP contribution in [0.4, 0.5) is 8.78 Å². The van der Waals surface area contributed by atoms with Crippen molar-refractivity contribution in [1.82, 2.24) is 0 Å². The van der Waals surface area contributed by atoms with Crippen molar-refractivity contribution in [3.63, 3.8) is 0 Å². The van der Waals surface area contributed by atoms with Gasteiger partial charge in [0.1, 0.15) is 10.7 Å². The van der Waals surface area contributed by atoms with Crippen LogP contribution in [0.25, 0.3) is 0 Å². The lowest BCUT2D eigenvalue weighted by molar-refractivity contribution is 0.146. The molecule has 0 bridgehead atoms. The van der Waals surface area contributed by atoms with E-state index in [1.165, 1.54) is 24.3 Å². The number of rotatable bonds is 2. The van der Waals surface area contributed by atoms with Crippen LogP contribution in [-0.4, -0.2) is 15.0 Å². The van der Waals surface area contributed by atoms with Gasteiger partial charge in [0.25, 0.3) is 0 Å². The molecule has 1 heterocycles. The van der Waals surface area contributed by atoms with Crippen molar-refractivity contribution in [2.24, 2.45) is 5.92 Å². The average Bonchev–Trinajstić information content (AvgIpc) is 2.64. The molecular weight excluding hydrogens is 382 g/mol. The summed E-state index contributed by atoms with van der Waals surface area (Å²) in [6, 6.07) is 6.10. The highest BCUT2D eigenvalue weighted by molar-refractivity contribution is 7.91. The molecule has 1 aliphatic carbocycles. The van der Waals surface area contributed by atoms with Gasteiger partial charge in [-0.05, 0) is 49.1 Å². The van der Waals surface area contributed by atoms with Crippen LogP contribution in [0.15, 0.2) is 40.1 Å². The summed E-state index contributed by atoms with van der Waals surface area (Å²) in [4.78, 5) is -0.775. The van der Waals surface area contributed by atoms with Crippen LogP contribution in [-0.2, 0) is 9.84 Å². The SMILES string of the molecule is O=S(=O)(c1ccc(Cl)cc1)c1cc(F)c2c(c1F)C1CCCCC1CO2. The molecule has 0 N–H and O–H groups in total. The highest BCUT2D eigenvalue weighted by Gasteiger charge is 2.39. The Kier molecular flexibility index (Phi) is 4.43. The van der Waals surface area contributed by atoms with Gasteiger partial charge in [0.15, 0.2) is 11.6 Å². The predicted molar refractivity (Wildman–Crippen MR) is 93.5 cm³/mol. The molecular formula is C19H17ClF2O3S. The van der Waals surface area contributed by atoms with Crippen LogP contribution in [0.3, 0.4) is 0 Å². The molecule has 3 nitrogen and oxygen atoms in total. The fraction of sp³-hybridized carbons (Fsp3) is 0.368. The molecule has 0 aromatic heterocycles. The zero-order valence-corrected chi connectivity index (χ0v) is 15.4. The van der Waals surface area contributed by atoms with E-state index >= 15 is 4.39 Å². The van der Waals surface area contributed by atoms with Gasteiger partial charge in [-0.15, -0.1) is 0 Å². The Bertz CT molecular complexity index is 958. The molecule has 1 fully saturated rings. The molecule has 2 aromatic rings. The van der Waals surface area contributed by atoms with Crippen molar-refractivity contribution < 1.29 is 21.9 Å². The average molecular weight is 399 g/mol. The van der Waals surface area contributed by atoms with E-state index in [1.807, 2.05) is 0 Å². The van der Waals surface area contributed by atoms with E-state index in [2.05, 4.69) is 0 Å². The van der Waals surface area contributed by atoms with Gasteiger partial charge in [-0.1, -0.05) is 24.4 Å². The van der Waals surface area contributed by atoms with E-state index in [9.17, 15) is 12.8 Å². The number of sulfone groups is 1. The maximum Gasteiger partial charge on any atom is 0.209 e. The molecule has 2 aliphatic rings. The fourth-order valence-electron chi connectivity index (χ4n) is 4.00. The van der Waals surface area contributed by atoms with Crippen molar-refractivity contribution in [2.45, 2.75) is 41.4 Å². The molecule has 1 saturated carbocycles. The molecule has 2 atom stereocenters. The van der Waals surface area contributed by atoms with Gasteiger partial charge >= 0.3 is 0 Å². The highest BCUT2D eigenvalue weighted by atomic mass is 35.5. The van der Waals surface area contributed by atoms with E-state index in [-0.39, 0.29) is 28.0 Å². The number of halogens is 3. The van der Waals surface area contributed by atoms with Crippen molar-refractivity contribution >= 4 is 21.4 Å². The number of ether oxygens (including phenoxy) is 1. The number of hydrogen-bond donors (Lipinski definition) is 0. The molecule has 0 saturated heterocycles. The smallest absolute Gasteiger partial charge is 0.209 e. The first-order valence-corrected chi connectivity index (χ1v) is 10.4.